The van der Waals surface area contributed by atoms with Crippen LogP contribution in [0.2, 0.25) is 0 Å². The number of benzene rings is 2. The fourth-order valence-electron chi connectivity index (χ4n) is 3.17. The lowest BCUT2D eigenvalue weighted by Crippen LogP contribution is -2.24. The van der Waals surface area contributed by atoms with Crippen LogP contribution in [0.4, 0.5) is 11.5 Å². The number of carbonyl (C=O) groups excluding carboxylic acids is 2. The molecule has 2 heterocycles. The van der Waals surface area contributed by atoms with E-state index in [1.165, 1.54) is 18.0 Å². The van der Waals surface area contributed by atoms with Crippen LogP contribution in [0.25, 0.3) is 5.82 Å². The second kappa shape index (κ2) is 10.2. The number of nitrogens with two attached hydrogens (primary N) is 1. The number of rotatable bonds is 8. The molecule has 2 aromatic carbocycles. The van der Waals surface area contributed by atoms with E-state index in [0.29, 0.717) is 16.8 Å². The zero-order valence-electron chi connectivity index (χ0n) is 18.8. The van der Waals surface area contributed by atoms with Crippen molar-refractivity contribution in [1.29, 1.82) is 0 Å². The Bertz CT molecular complexity index is 1350. The molecule has 4 aromatic rings. The smallest absolute Gasteiger partial charge is 0.337 e. The van der Waals surface area contributed by atoms with Gasteiger partial charge in [0.2, 0.25) is 11.6 Å². The van der Waals surface area contributed by atoms with E-state index in [1.54, 1.807) is 24.3 Å². The van der Waals surface area contributed by atoms with Crippen molar-refractivity contribution in [1.82, 2.24) is 30.7 Å². The molecule has 0 unspecified atom stereocenters. The van der Waals surface area contributed by atoms with Gasteiger partial charge in [-0.1, -0.05) is 35.5 Å². The summed E-state index contributed by atoms with van der Waals surface area (Å²) in [6, 6.07) is 16.1. The van der Waals surface area contributed by atoms with Crippen molar-refractivity contribution in [3.63, 3.8) is 0 Å². The fraction of sp³-hybridized carbons (Fsp3) is 0.136. The van der Waals surface area contributed by atoms with Gasteiger partial charge in [-0.3, -0.25) is 4.79 Å². The lowest BCUT2D eigenvalue weighted by Gasteiger charge is -2.19. The van der Waals surface area contributed by atoms with E-state index in [4.69, 9.17) is 5.73 Å². The number of nitrogens with one attached hydrogen (secondary N) is 1. The molecule has 0 bridgehead atoms. The molecule has 0 atom stereocenters. The topological polar surface area (TPSA) is 167 Å². The third-order valence-electron chi connectivity index (χ3n) is 4.97. The highest BCUT2D eigenvalue weighted by molar-refractivity contribution is 5.94. The van der Waals surface area contributed by atoms with E-state index in [2.05, 4.69) is 40.5 Å². The molecule has 0 aliphatic carbocycles. The monoisotopic (exact) mass is 475 g/mol. The number of nitrogens with zero attached hydrogens (tertiary/aromatic N) is 7. The number of para-hydroxylation sites is 1. The summed E-state index contributed by atoms with van der Waals surface area (Å²) in [5, 5.41) is 19.3. The Hall–Kier alpha value is -5.07. The number of amides is 1. The second-order valence-corrected chi connectivity index (χ2v) is 7.27. The van der Waals surface area contributed by atoms with Gasteiger partial charge in [-0.2, -0.15) is 9.78 Å². The lowest BCUT2D eigenvalue weighted by molar-refractivity contribution is 0.0600. The van der Waals surface area contributed by atoms with Crippen LogP contribution in [0.1, 0.15) is 32.1 Å². The maximum atomic E-state index is 12.9. The Kier molecular flexibility index (Phi) is 6.76. The van der Waals surface area contributed by atoms with E-state index < -0.39 is 11.9 Å². The molecule has 0 radical (unpaired) electrons. The zero-order chi connectivity index (χ0) is 24.8. The Morgan fingerprint density at radius 1 is 1.17 bits per heavy atom. The quantitative estimate of drug-likeness (QED) is 0.216. The third kappa shape index (κ3) is 5.13. The Morgan fingerprint density at radius 3 is 2.57 bits per heavy atom. The van der Waals surface area contributed by atoms with Gasteiger partial charge < -0.3 is 15.4 Å². The number of hydrogen-bond acceptors (Lipinski definition) is 11. The molecular weight excluding hydrogens is 454 g/mol. The molecule has 2 aromatic heterocycles. The number of esters is 1. The van der Waals surface area contributed by atoms with Gasteiger partial charge in [0.1, 0.15) is 0 Å². The first-order valence-corrected chi connectivity index (χ1v) is 10.3. The number of ether oxygens (including phenoxy) is 1. The normalized spacial score (nSPS) is 10.9. The average Bonchev–Trinajstić information content (AvgIpc) is 3.50. The Labute approximate surface area is 199 Å². The Balaban J connectivity index is 1.56. The van der Waals surface area contributed by atoms with Crippen molar-refractivity contribution < 1.29 is 19.0 Å². The van der Waals surface area contributed by atoms with Crippen molar-refractivity contribution in [3.05, 3.63) is 77.1 Å². The first-order chi connectivity index (χ1) is 17.0. The summed E-state index contributed by atoms with van der Waals surface area (Å²) in [5.41, 5.74) is 10.7. The third-order valence-corrected chi connectivity index (χ3v) is 4.97. The second-order valence-electron chi connectivity index (χ2n) is 7.27. The number of nitrogen functional groups attached to an aromatic ring is 1. The van der Waals surface area contributed by atoms with Crippen molar-refractivity contribution in [2.75, 3.05) is 24.8 Å². The number of hydrogen-bond donors (Lipinski definition) is 2. The van der Waals surface area contributed by atoms with Gasteiger partial charge in [-0.05, 0) is 40.1 Å². The summed E-state index contributed by atoms with van der Waals surface area (Å²) < 4.78 is 10.6. The van der Waals surface area contributed by atoms with Crippen molar-refractivity contribution in [3.8, 4) is 5.82 Å². The molecule has 0 aliphatic rings. The van der Waals surface area contributed by atoms with Crippen LogP contribution in [0.15, 0.2) is 64.3 Å². The number of carbonyl (C=O) groups is 2. The number of methoxy groups -OCH3 is 1. The van der Waals surface area contributed by atoms with Gasteiger partial charge in [0, 0.05) is 12.7 Å². The first kappa shape index (κ1) is 23.1. The zero-order valence-corrected chi connectivity index (χ0v) is 18.8. The predicted molar refractivity (Wildman–Crippen MR) is 125 cm³/mol. The molecular formula is C22H21N9O4. The molecule has 0 saturated carbocycles. The van der Waals surface area contributed by atoms with E-state index in [0.717, 1.165) is 5.69 Å². The van der Waals surface area contributed by atoms with Gasteiger partial charge in [0.15, 0.2) is 5.69 Å². The van der Waals surface area contributed by atoms with Crippen molar-refractivity contribution >= 4 is 29.6 Å². The Morgan fingerprint density at radius 2 is 1.91 bits per heavy atom. The van der Waals surface area contributed by atoms with Crippen LogP contribution in [-0.4, -0.2) is 57.6 Å². The molecule has 0 spiro atoms. The first-order valence-electron chi connectivity index (χ1n) is 10.3. The maximum absolute atomic E-state index is 12.9. The summed E-state index contributed by atoms with van der Waals surface area (Å²) >= 11 is 0. The van der Waals surface area contributed by atoms with Gasteiger partial charge in [-0.25, -0.2) is 14.8 Å². The minimum Gasteiger partial charge on any atom is -0.465 e. The standard InChI is InChI=1S/C22H21N9O4/c1-30(16-6-4-3-5-7-16)13-17-18(25-29-31(17)20-19(23)27-35-28-20)21(32)26-24-12-14-8-10-15(11-9-14)22(33)34-2/h3-12H,13H2,1-2H3,(H2,23,27)(H,26,32)/b24-12+. The summed E-state index contributed by atoms with van der Waals surface area (Å²) in [4.78, 5) is 26.4. The summed E-state index contributed by atoms with van der Waals surface area (Å²) in [7, 11) is 3.16. The summed E-state index contributed by atoms with van der Waals surface area (Å²) in [5.74, 6) is -0.924. The van der Waals surface area contributed by atoms with Gasteiger partial charge in [-0.15, -0.1) is 5.10 Å². The van der Waals surface area contributed by atoms with Crippen LogP contribution >= 0.6 is 0 Å². The van der Waals surface area contributed by atoms with Crippen molar-refractivity contribution in [2.45, 2.75) is 6.54 Å². The largest absolute Gasteiger partial charge is 0.465 e. The van der Waals surface area contributed by atoms with E-state index >= 15 is 0 Å². The van der Waals surface area contributed by atoms with Crippen LogP contribution in [0, 0.1) is 0 Å². The van der Waals surface area contributed by atoms with Gasteiger partial charge in [0.25, 0.3) is 5.91 Å². The van der Waals surface area contributed by atoms with Crippen LogP contribution in [0.5, 0.6) is 0 Å². The lowest BCUT2D eigenvalue weighted by atomic mass is 10.1. The van der Waals surface area contributed by atoms with Crippen LogP contribution in [-0.2, 0) is 11.3 Å². The number of hydrazone groups is 1. The highest BCUT2D eigenvalue weighted by Crippen LogP contribution is 2.20. The average molecular weight is 475 g/mol. The van der Waals surface area contributed by atoms with Crippen LogP contribution < -0.4 is 16.1 Å². The maximum Gasteiger partial charge on any atom is 0.337 e. The molecule has 35 heavy (non-hydrogen) atoms. The molecule has 13 heteroatoms. The van der Waals surface area contributed by atoms with Gasteiger partial charge >= 0.3 is 5.97 Å². The van der Waals surface area contributed by atoms with E-state index in [1.807, 2.05) is 42.3 Å². The highest BCUT2D eigenvalue weighted by Gasteiger charge is 2.25. The number of aromatic nitrogens is 5. The minimum absolute atomic E-state index is 0.00102. The molecule has 178 valence electrons. The fourth-order valence-corrected chi connectivity index (χ4v) is 3.17. The molecule has 13 nitrogen and oxygen atoms in total. The molecule has 4 rings (SSSR count). The van der Waals surface area contributed by atoms with Crippen molar-refractivity contribution in [2.24, 2.45) is 5.10 Å². The predicted octanol–water partition coefficient (Wildman–Crippen LogP) is 1.42. The summed E-state index contributed by atoms with van der Waals surface area (Å²) in [6.07, 6.45) is 1.43. The molecule has 0 saturated heterocycles. The molecule has 3 N–H and O–H groups in total. The number of anilines is 2. The minimum atomic E-state index is -0.592. The van der Waals surface area contributed by atoms with E-state index in [-0.39, 0.29) is 23.9 Å². The molecule has 1 amide bonds. The van der Waals surface area contributed by atoms with Crippen LogP contribution in [0.3, 0.4) is 0 Å². The SMILES string of the molecule is COC(=O)c1ccc(/C=N/NC(=O)c2nnn(-c3nonc3N)c2CN(C)c2ccccc2)cc1. The van der Waals surface area contributed by atoms with E-state index in [9.17, 15) is 9.59 Å². The van der Waals surface area contributed by atoms with Gasteiger partial charge in [0.05, 0.1) is 31.1 Å². The molecule has 0 aliphatic heterocycles. The summed E-state index contributed by atoms with van der Waals surface area (Å²) in [6.45, 7) is 0.241. The molecule has 0 fully saturated rings. The highest BCUT2D eigenvalue weighted by atomic mass is 16.6.